The van der Waals surface area contributed by atoms with Crippen molar-refractivity contribution in [3.63, 3.8) is 0 Å². The molecule has 86 valence electrons. The van der Waals surface area contributed by atoms with Crippen molar-refractivity contribution in [1.29, 1.82) is 0 Å². The van der Waals surface area contributed by atoms with E-state index in [2.05, 4.69) is 4.98 Å². The number of fused-ring (bicyclic) bond motifs is 5. The Morgan fingerprint density at radius 2 is 2.25 bits per heavy atom. The fourth-order valence-electron chi connectivity index (χ4n) is 3.03. The topological polar surface area (TPSA) is 55.0 Å². The molecule has 2 aliphatic carbocycles. The molecule has 0 saturated heterocycles. The highest BCUT2D eigenvalue weighted by molar-refractivity contribution is 5.40. The third-order valence-corrected chi connectivity index (χ3v) is 3.90. The Labute approximate surface area is 95.9 Å². The second-order valence-electron chi connectivity index (χ2n) is 4.93. The smallest absolute Gasteiger partial charge is 0.225 e. The predicted molar refractivity (Wildman–Crippen MR) is 63.7 cm³/mol. The van der Waals surface area contributed by atoms with E-state index in [1.54, 1.807) is 0 Å². The molecular weight excluding hydrogens is 200 g/mol. The summed E-state index contributed by atoms with van der Waals surface area (Å²) in [5.41, 5.74) is 8.26. The van der Waals surface area contributed by atoms with Crippen molar-refractivity contribution in [2.75, 3.05) is 25.0 Å². The average Bonchev–Trinajstić information content (AvgIpc) is 2.90. The van der Waals surface area contributed by atoms with Gasteiger partial charge in [-0.05, 0) is 30.7 Å². The van der Waals surface area contributed by atoms with Crippen LogP contribution in [0, 0.1) is 0 Å². The molecule has 1 aromatic heterocycles. The van der Waals surface area contributed by atoms with Crippen LogP contribution >= 0.6 is 0 Å². The van der Waals surface area contributed by atoms with Gasteiger partial charge in [-0.15, -0.1) is 0 Å². The van der Waals surface area contributed by atoms with E-state index in [0.29, 0.717) is 12.5 Å². The summed E-state index contributed by atoms with van der Waals surface area (Å²) in [6, 6.07) is 0. The summed E-state index contributed by atoms with van der Waals surface area (Å²) in [6.45, 7) is 1.45. The summed E-state index contributed by atoms with van der Waals surface area (Å²) in [5.74, 6) is 2.28. The quantitative estimate of drug-likeness (QED) is 0.829. The Kier molecular flexibility index (Phi) is 2.32. The molecule has 0 aromatic carbocycles. The molecule has 16 heavy (non-hydrogen) atoms. The SMILES string of the molecule is CN(CCN)c1ncc2c(n1)C1CCC2C1. The number of likely N-dealkylation sites (N-methyl/N-ethyl adjacent to an activating group) is 1. The summed E-state index contributed by atoms with van der Waals surface area (Å²) in [7, 11) is 2.00. The monoisotopic (exact) mass is 218 g/mol. The summed E-state index contributed by atoms with van der Waals surface area (Å²) in [4.78, 5) is 11.2. The molecule has 2 unspecified atom stereocenters. The lowest BCUT2D eigenvalue weighted by atomic mass is 9.98. The van der Waals surface area contributed by atoms with Gasteiger partial charge in [0.25, 0.3) is 0 Å². The molecule has 2 aliphatic rings. The number of hydrogen-bond donors (Lipinski definition) is 1. The van der Waals surface area contributed by atoms with Gasteiger partial charge in [0, 0.05) is 32.3 Å². The molecule has 2 N–H and O–H groups in total. The van der Waals surface area contributed by atoms with Gasteiger partial charge in [0.1, 0.15) is 0 Å². The molecule has 1 saturated carbocycles. The first-order chi connectivity index (χ1) is 7.79. The molecule has 0 radical (unpaired) electrons. The molecular formula is C12H18N4. The maximum Gasteiger partial charge on any atom is 0.225 e. The van der Waals surface area contributed by atoms with Crippen molar-refractivity contribution in [1.82, 2.24) is 9.97 Å². The molecule has 2 bridgehead atoms. The van der Waals surface area contributed by atoms with Gasteiger partial charge >= 0.3 is 0 Å². The third-order valence-electron chi connectivity index (χ3n) is 3.90. The molecule has 0 spiro atoms. The number of hydrogen-bond acceptors (Lipinski definition) is 4. The molecule has 1 aromatic rings. The zero-order valence-electron chi connectivity index (χ0n) is 9.69. The molecule has 0 aliphatic heterocycles. The van der Waals surface area contributed by atoms with Gasteiger partial charge in [0.05, 0.1) is 5.69 Å². The highest BCUT2D eigenvalue weighted by atomic mass is 15.2. The lowest BCUT2D eigenvalue weighted by Gasteiger charge is -2.19. The summed E-state index contributed by atoms with van der Waals surface area (Å²) in [5, 5.41) is 0. The van der Waals surface area contributed by atoms with E-state index < -0.39 is 0 Å². The van der Waals surface area contributed by atoms with Crippen molar-refractivity contribution in [2.24, 2.45) is 5.73 Å². The zero-order chi connectivity index (χ0) is 11.1. The standard InChI is InChI=1S/C12H18N4/c1-16(5-4-13)12-14-7-10-8-2-3-9(6-8)11(10)15-12/h7-9H,2-6,13H2,1H3. The first-order valence-electron chi connectivity index (χ1n) is 6.07. The largest absolute Gasteiger partial charge is 0.343 e. The zero-order valence-corrected chi connectivity index (χ0v) is 9.69. The van der Waals surface area contributed by atoms with Crippen molar-refractivity contribution < 1.29 is 0 Å². The van der Waals surface area contributed by atoms with Crippen molar-refractivity contribution in [3.05, 3.63) is 17.5 Å². The number of nitrogens with zero attached hydrogens (tertiary/aromatic N) is 3. The van der Waals surface area contributed by atoms with E-state index in [4.69, 9.17) is 10.7 Å². The van der Waals surface area contributed by atoms with E-state index in [1.807, 2.05) is 18.1 Å². The van der Waals surface area contributed by atoms with Crippen LogP contribution in [0.15, 0.2) is 6.20 Å². The highest BCUT2D eigenvalue weighted by Gasteiger charge is 2.38. The normalized spacial score (nSPS) is 25.9. The Morgan fingerprint density at radius 3 is 3.06 bits per heavy atom. The van der Waals surface area contributed by atoms with Gasteiger partial charge in [-0.1, -0.05) is 0 Å². The van der Waals surface area contributed by atoms with E-state index >= 15 is 0 Å². The number of anilines is 1. The highest BCUT2D eigenvalue weighted by Crippen LogP contribution is 2.52. The minimum absolute atomic E-state index is 0.642. The fraction of sp³-hybridized carbons (Fsp3) is 0.667. The molecule has 4 heteroatoms. The lowest BCUT2D eigenvalue weighted by Crippen LogP contribution is -2.27. The maximum absolute atomic E-state index is 5.54. The third kappa shape index (κ3) is 1.40. The van der Waals surface area contributed by atoms with Crippen LogP contribution in [-0.4, -0.2) is 30.1 Å². The van der Waals surface area contributed by atoms with Gasteiger partial charge < -0.3 is 10.6 Å². The fourth-order valence-corrected chi connectivity index (χ4v) is 3.03. The Bertz CT molecular complexity index is 404. The van der Waals surface area contributed by atoms with Crippen LogP contribution in [0.2, 0.25) is 0 Å². The van der Waals surface area contributed by atoms with Crippen LogP contribution in [0.1, 0.15) is 42.4 Å². The van der Waals surface area contributed by atoms with E-state index in [0.717, 1.165) is 18.4 Å². The van der Waals surface area contributed by atoms with Crippen LogP contribution in [0.5, 0.6) is 0 Å². The molecule has 1 heterocycles. The van der Waals surface area contributed by atoms with Gasteiger partial charge in [-0.2, -0.15) is 0 Å². The maximum atomic E-state index is 5.54. The molecule has 1 fully saturated rings. The van der Waals surface area contributed by atoms with E-state index in [1.165, 1.54) is 30.5 Å². The first-order valence-corrected chi connectivity index (χ1v) is 6.07. The van der Waals surface area contributed by atoms with Gasteiger partial charge in [-0.25, -0.2) is 9.97 Å². The van der Waals surface area contributed by atoms with Gasteiger partial charge in [0.2, 0.25) is 5.95 Å². The molecule has 3 rings (SSSR count). The van der Waals surface area contributed by atoms with E-state index in [-0.39, 0.29) is 0 Å². The van der Waals surface area contributed by atoms with Crippen molar-refractivity contribution >= 4 is 5.95 Å². The van der Waals surface area contributed by atoms with Crippen LogP contribution in [0.25, 0.3) is 0 Å². The van der Waals surface area contributed by atoms with Crippen LogP contribution in [-0.2, 0) is 0 Å². The summed E-state index contributed by atoms with van der Waals surface area (Å²) < 4.78 is 0. The minimum atomic E-state index is 0.642. The van der Waals surface area contributed by atoms with Gasteiger partial charge in [-0.3, -0.25) is 0 Å². The number of rotatable bonds is 3. The minimum Gasteiger partial charge on any atom is -0.343 e. The lowest BCUT2D eigenvalue weighted by molar-refractivity contribution is 0.686. The molecule has 2 atom stereocenters. The van der Waals surface area contributed by atoms with Crippen LogP contribution in [0.4, 0.5) is 5.95 Å². The van der Waals surface area contributed by atoms with Crippen molar-refractivity contribution in [3.8, 4) is 0 Å². The summed E-state index contributed by atoms with van der Waals surface area (Å²) in [6.07, 6.45) is 5.98. The number of nitrogens with two attached hydrogens (primary N) is 1. The van der Waals surface area contributed by atoms with Crippen LogP contribution in [0.3, 0.4) is 0 Å². The summed E-state index contributed by atoms with van der Waals surface area (Å²) >= 11 is 0. The Hall–Kier alpha value is -1.16. The first kappa shape index (κ1) is 10.0. The van der Waals surface area contributed by atoms with Crippen LogP contribution < -0.4 is 10.6 Å². The van der Waals surface area contributed by atoms with Crippen molar-refractivity contribution in [2.45, 2.75) is 31.1 Å². The average molecular weight is 218 g/mol. The van der Waals surface area contributed by atoms with E-state index in [9.17, 15) is 0 Å². The second kappa shape index (κ2) is 3.70. The van der Waals surface area contributed by atoms with Gasteiger partial charge in [0.15, 0.2) is 0 Å². The molecule has 0 amide bonds. The Morgan fingerprint density at radius 1 is 1.44 bits per heavy atom. The Balaban J connectivity index is 1.91. The number of aromatic nitrogens is 2. The predicted octanol–water partition coefficient (Wildman–Crippen LogP) is 1.24. The second-order valence-corrected chi connectivity index (χ2v) is 4.93. The molecule has 4 nitrogen and oxygen atoms in total.